The van der Waals surface area contributed by atoms with Gasteiger partial charge >= 0.3 is 0 Å². The largest absolute Gasteiger partial charge is 0.131 e. The highest BCUT2D eigenvalue weighted by Crippen LogP contribution is 2.32. The van der Waals surface area contributed by atoms with Gasteiger partial charge in [0, 0.05) is 5.02 Å². The van der Waals surface area contributed by atoms with Crippen LogP contribution in [0.1, 0.15) is 37.5 Å². The van der Waals surface area contributed by atoms with Gasteiger partial charge in [-0.2, -0.15) is 0 Å². The highest BCUT2D eigenvalue weighted by atomic mass is 35.5. The summed E-state index contributed by atoms with van der Waals surface area (Å²) in [6, 6.07) is 4.14. The molecule has 1 rings (SSSR count). The van der Waals surface area contributed by atoms with E-state index in [4.69, 9.17) is 11.6 Å². The van der Waals surface area contributed by atoms with E-state index in [9.17, 15) is 0 Å². The summed E-state index contributed by atoms with van der Waals surface area (Å²) in [6.45, 7) is 12.3. The number of allylic oxidation sites excluding steroid dienone is 2. The van der Waals surface area contributed by atoms with Crippen LogP contribution in [0.5, 0.6) is 0 Å². The van der Waals surface area contributed by atoms with Gasteiger partial charge in [0.1, 0.15) is 0 Å². The van der Waals surface area contributed by atoms with Crippen LogP contribution in [0, 0.1) is 6.92 Å². The van der Waals surface area contributed by atoms with Crippen LogP contribution in [-0.2, 0) is 0 Å². The average Bonchev–Trinajstić information content (AvgIpc) is 2.31. The zero-order valence-corrected chi connectivity index (χ0v) is 12.5. The molecular formula is C15H19ClS. The first-order chi connectivity index (χ1) is 8.01. The molecule has 17 heavy (non-hydrogen) atoms. The Hall–Kier alpha value is -0.660. The fourth-order valence-electron chi connectivity index (χ4n) is 1.72. The van der Waals surface area contributed by atoms with Crippen molar-refractivity contribution in [3.8, 4) is 0 Å². The van der Waals surface area contributed by atoms with E-state index in [1.807, 2.05) is 23.9 Å². The van der Waals surface area contributed by atoms with Crippen molar-refractivity contribution in [2.75, 3.05) is 5.75 Å². The van der Waals surface area contributed by atoms with Crippen molar-refractivity contribution in [1.82, 2.24) is 0 Å². The monoisotopic (exact) mass is 266 g/mol. The fourth-order valence-corrected chi connectivity index (χ4v) is 2.79. The lowest BCUT2D eigenvalue weighted by Crippen LogP contribution is -1.90. The van der Waals surface area contributed by atoms with Crippen molar-refractivity contribution in [2.24, 2.45) is 0 Å². The van der Waals surface area contributed by atoms with E-state index in [1.165, 1.54) is 16.0 Å². The smallest absolute Gasteiger partial charge is 0.0487 e. The molecule has 1 aromatic rings. The maximum absolute atomic E-state index is 6.33. The molecule has 0 heterocycles. The van der Waals surface area contributed by atoms with Gasteiger partial charge in [0.2, 0.25) is 0 Å². The van der Waals surface area contributed by atoms with E-state index in [-0.39, 0.29) is 0 Å². The summed E-state index contributed by atoms with van der Waals surface area (Å²) in [5.41, 5.74) is 4.72. The molecule has 2 heteroatoms. The second kappa shape index (κ2) is 6.32. The van der Waals surface area contributed by atoms with Crippen LogP contribution >= 0.6 is 23.4 Å². The van der Waals surface area contributed by atoms with Crippen molar-refractivity contribution >= 4 is 35.0 Å². The Labute approximate surface area is 114 Å². The van der Waals surface area contributed by atoms with Crippen LogP contribution in [0.15, 0.2) is 23.6 Å². The predicted molar refractivity (Wildman–Crippen MR) is 82.7 cm³/mol. The molecule has 0 aromatic heterocycles. The highest BCUT2D eigenvalue weighted by Gasteiger charge is 2.08. The number of halogens is 1. The number of hydrogen-bond donors (Lipinski definition) is 0. The van der Waals surface area contributed by atoms with E-state index in [0.29, 0.717) is 0 Å². The first-order valence-electron chi connectivity index (χ1n) is 5.74. The van der Waals surface area contributed by atoms with Crippen LogP contribution in [0.4, 0.5) is 0 Å². The molecule has 0 saturated heterocycles. The van der Waals surface area contributed by atoms with Crippen molar-refractivity contribution < 1.29 is 0 Å². The first kappa shape index (κ1) is 14.4. The van der Waals surface area contributed by atoms with Gasteiger partial charge in [-0.05, 0) is 65.8 Å². The quantitative estimate of drug-likeness (QED) is 0.664. The van der Waals surface area contributed by atoms with Gasteiger partial charge in [-0.15, -0.1) is 11.8 Å². The molecule has 0 radical (unpaired) electrons. The number of rotatable bonds is 4. The normalized spacial score (nSPS) is 12.3. The number of thioether (sulfide) groups is 1. The summed E-state index contributed by atoms with van der Waals surface area (Å²) in [4.78, 5) is 1.33. The van der Waals surface area contributed by atoms with E-state index >= 15 is 0 Å². The molecule has 0 bridgehead atoms. The average molecular weight is 267 g/mol. The summed E-state index contributed by atoms with van der Waals surface area (Å²) in [5, 5.41) is 0.805. The van der Waals surface area contributed by atoms with Gasteiger partial charge in [-0.25, -0.2) is 0 Å². The lowest BCUT2D eigenvalue weighted by atomic mass is 10.0. The Morgan fingerprint density at radius 1 is 1.41 bits per heavy atom. The Kier molecular flexibility index (Phi) is 5.35. The molecule has 1 aromatic carbocycles. The van der Waals surface area contributed by atoms with Crippen LogP contribution in [-0.4, -0.2) is 5.75 Å². The standard InChI is InChI=1S/C15H19ClS/c1-6-13-9-15(16)14(8-10(13)3)11(4)12(5)17-7-2/h6,8-9H,1,7H2,2-5H3/b12-11+. The third-order valence-corrected chi connectivity index (χ3v) is 4.21. The van der Waals surface area contributed by atoms with Gasteiger partial charge in [0.15, 0.2) is 0 Å². The van der Waals surface area contributed by atoms with E-state index in [0.717, 1.165) is 21.9 Å². The maximum atomic E-state index is 6.33. The SMILES string of the molecule is C=Cc1cc(Cl)c(/C(C)=C(\C)SCC)cc1C. The molecule has 92 valence electrons. The van der Waals surface area contributed by atoms with Gasteiger partial charge in [0.25, 0.3) is 0 Å². The minimum atomic E-state index is 0.805. The Bertz CT molecular complexity index is 458. The summed E-state index contributed by atoms with van der Waals surface area (Å²) >= 11 is 8.19. The summed E-state index contributed by atoms with van der Waals surface area (Å²) < 4.78 is 0. The molecule has 0 amide bonds. The topological polar surface area (TPSA) is 0 Å². The summed E-state index contributed by atoms with van der Waals surface area (Å²) in [5.74, 6) is 1.09. The Morgan fingerprint density at radius 3 is 2.59 bits per heavy atom. The molecule has 0 saturated carbocycles. The molecule has 0 aliphatic carbocycles. The Balaban J connectivity index is 3.28. The van der Waals surface area contributed by atoms with E-state index in [1.54, 1.807) is 0 Å². The van der Waals surface area contributed by atoms with Crippen molar-refractivity contribution in [3.63, 3.8) is 0 Å². The van der Waals surface area contributed by atoms with Gasteiger partial charge < -0.3 is 0 Å². The second-order valence-electron chi connectivity index (χ2n) is 4.01. The minimum absolute atomic E-state index is 0.805. The molecule has 0 fully saturated rings. The third kappa shape index (κ3) is 3.40. The number of aryl methyl sites for hydroxylation is 1. The van der Waals surface area contributed by atoms with Crippen molar-refractivity contribution in [1.29, 1.82) is 0 Å². The van der Waals surface area contributed by atoms with Crippen LogP contribution < -0.4 is 0 Å². The molecule has 0 unspecified atom stereocenters. The molecule has 0 atom stereocenters. The van der Waals surface area contributed by atoms with Crippen LogP contribution in [0.2, 0.25) is 5.02 Å². The van der Waals surface area contributed by atoms with E-state index < -0.39 is 0 Å². The molecule has 0 aliphatic rings. The first-order valence-corrected chi connectivity index (χ1v) is 7.10. The lowest BCUT2D eigenvalue weighted by Gasteiger charge is -2.12. The van der Waals surface area contributed by atoms with Crippen LogP contribution in [0.25, 0.3) is 11.6 Å². The van der Waals surface area contributed by atoms with Crippen molar-refractivity contribution in [2.45, 2.75) is 27.7 Å². The number of hydrogen-bond acceptors (Lipinski definition) is 1. The second-order valence-corrected chi connectivity index (χ2v) is 5.89. The molecular weight excluding hydrogens is 248 g/mol. The summed E-state index contributed by atoms with van der Waals surface area (Å²) in [6.07, 6.45) is 1.84. The minimum Gasteiger partial charge on any atom is -0.131 e. The Morgan fingerprint density at radius 2 is 2.06 bits per heavy atom. The summed E-state index contributed by atoms with van der Waals surface area (Å²) in [7, 11) is 0. The number of benzene rings is 1. The molecule has 0 N–H and O–H groups in total. The molecule has 0 aliphatic heterocycles. The third-order valence-electron chi connectivity index (χ3n) is 2.87. The molecule has 0 nitrogen and oxygen atoms in total. The highest BCUT2D eigenvalue weighted by molar-refractivity contribution is 8.03. The zero-order valence-electron chi connectivity index (χ0n) is 10.9. The maximum Gasteiger partial charge on any atom is 0.0487 e. The fraction of sp³-hybridized carbons (Fsp3) is 0.333. The molecule has 0 spiro atoms. The van der Waals surface area contributed by atoms with Crippen LogP contribution in [0.3, 0.4) is 0 Å². The zero-order chi connectivity index (χ0) is 13.0. The van der Waals surface area contributed by atoms with Gasteiger partial charge in [-0.1, -0.05) is 31.2 Å². The van der Waals surface area contributed by atoms with Crippen molar-refractivity contribution in [3.05, 3.63) is 45.3 Å². The predicted octanol–water partition coefficient (Wildman–Crippen LogP) is 5.80. The van der Waals surface area contributed by atoms with Gasteiger partial charge in [-0.3, -0.25) is 0 Å². The van der Waals surface area contributed by atoms with E-state index in [2.05, 4.69) is 40.3 Å². The van der Waals surface area contributed by atoms with Gasteiger partial charge in [0.05, 0.1) is 0 Å². The lowest BCUT2D eigenvalue weighted by molar-refractivity contribution is 1.40.